The predicted octanol–water partition coefficient (Wildman–Crippen LogP) is 4.76. The van der Waals surface area contributed by atoms with E-state index in [1.165, 1.54) is 0 Å². The number of hydrogen-bond acceptors (Lipinski definition) is 6. The van der Waals surface area contributed by atoms with E-state index in [0.717, 1.165) is 50.7 Å². The molecule has 0 fully saturated rings. The van der Waals surface area contributed by atoms with Gasteiger partial charge in [-0.15, -0.1) is 16.8 Å². The van der Waals surface area contributed by atoms with Crippen LogP contribution in [0.2, 0.25) is 0 Å². The molecule has 0 aliphatic carbocycles. The van der Waals surface area contributed by atoms with E-state index >= 15 is 0 Å². The molecule has 0 atom stereocenters. The van der Waals surface area contributed by atoms with E-state index in [1.807, 2.05) is 42.5 Å². The third kappa shape index (κ3) is 4.56. The Bertz CT molecular complexity index is 984. The number of nitrogens with zero attached hydrogens (tertiary/aromatic N) is 3. The van der Waals surface area contributed by atoms with Gasteiger partial charge in [0.25, 0.3) is 0 Å². The van der Waals surface area contributed by atoms with Crippen molar-refractivity contribution in [2.45, 2.75) is 24.4 Å². The van der Waals surface area contributed by atoms with E-state index < -0.39 is 0 Å². The zero-order chi connectivity index (χ0) is 20.8. The normalized spacial score (nSPS) is 10.6. The molecule has 1 aromatic heterocycles. The molecule has 0 amide bonds. The van der Waals surface area contributed by atoms with Gasteiger partial charge in [-0.05, 0) is 54.4 Å². The van der Waals surface area contributed by atoms with Crippen molar-refractivity contribution in [3.8, 4) is 28.6 Å². The van der Waals surface area contributed by atoms with Crippen molar-refractivity contribution in [2.75, 3.05) is 21.3 Å². The first-order valence-electron chi connectivity index (χ1n) is 9.14. The summed E-state index contributed by atoms with van der Waals surface area (Å²) in [6, 6.07) is 11.8. The molecule has 3 aromatic rings. The van der Waals surface area contributed by atoms with Crippen molar-refractivity contribution in [3.05, 3.63) is 60.2 Å². The number of ether oxygens (including phenoxy) is 3. The number of aryl methyl sites for hydroxylation is 1. The molecule has 0 aliphatic rings. The lowest BCUT2D eigenvalue weighted by Gasteiger charge is -2.13. The first-order valence-corrected chi connectivity index (χ1v) is 10.1. The Morgan fingerprint density at radius 2 is 1.69 bits per heavy atom. The zero-order valence-electron chi connectivity index (χ0n) is 17.1. The minimum absolute atomic E-state index is 0.627. The summed E-state index contributed by atoms with van der Waals surface area (Å²) in [5.74, 6) is 3.81. The highest BCUT2D eigenvalue weighted by Gasteiger charge is 2.15. The number of rotatable bonds is 9. The highest BCUT2D eigenvalue weighted by atomic mass is 32.2. The Hall–Kier alpha value is -2.93. The number of hydrogen-bond donors (Lipinski definition) is 0. The molecular formula is C22H25N3O3S. The van der Waals surface area contributed by atoms with Crippen LogP contribution in [0.1, 0.15) is 11.1 Å². The molecule has 0 saturated heterocycles. The van der Waals surface area contributed by atoms with E-state index in [-0.39, 0.29) is 0 Å². The van der Waals surface area contributed by atoms with Gasteiger partial charge in [-0.3, -0.25) is 4.57 Å². The van der Waals surface area contributed by atoms with E-state index in [9.17, 15) is 0 Å². The minimum atomic E-state index is 0.627. The highest BCUT2D eigenvalue weighted by molar-refractivity contribution is 7.98. The molecule has 0 saturated carbocycles. The molecule has 1 heterocycles. The highest BCUT2D eigenvalue weighted by Crippen LogP contribution is 2.34. The lowest BCUT2D eigenvalue weighted by molar-refractivity contribution is 0.354. The van der Waals surface area contributed by atoms with Gasteiger partial charge in [0.2, 0.25) is 0 Å². The van der Waals surface area contributed by atoms with E-state index in [2.05, 4.69) is 28.3 Å². The fourth-order valence-electron chi connectivity index (χ4n) is 2.96. The molecule has 152 valence electrons. The van der Waals surface area contributed by atoms with Crippen molar-refractivity contribution < 1.29 is 14.2 Å². The Morgan fingerprint density at radius 3 is 2.31 bits per heavy atom. The van der Waals surface area contributed by atoms with Crippen LogP contribution < -0.4 is 14.2 Å². The van der Waals surface area contributed by atoms with Crippen LogP contribution in [0, 0.1) is 6.92 Å². The molecule has 0 N–H and O–H groups in total. The monoisotopic (exact) mass is 411 g/mol. The van der Waals surface area contributed by atoms with Crippen molar-refractivity contribution in [2.24, 2.45) is 0 Å². The summed E-state index contributed by atoms with van der Waals surface area (Å²) in [6.07, 6.45) is 1.85. The molecule has 0 bridgehead atoms. The van der Waals surface area contributed by atoms with Crippen LogP contribution in [0.5, 0.6) is 17.2 Å². The summed E-state index contributed by atoms with van der Waals surface area (Å²) in [6.45, 7) is 6.57. The standard InChI is InChI=1S/C22H25N3O3S/c1-6-11-25-21(16-7-9-18(26-3)10-8-16)23-24-22(25)29-14-17-13-20(28-5)19(27-4)12-15(17)2/h6-10,12-13H,1,11,14H2,2-5H3. The lowest BCUT2D eigenvalue weighted by atomic mass is 10.1. The number of thioether (sulfide) groups is 1. The van der Waals surface area contributed by atoms with Crippen LogP contribution in [0.4, 0.5) is 0 Å². The van der Waals surface area contributed by atoms with Crippen LogP contribution in [0.25, 0.3) is 11.4 Å². The molecule has 0 radical (unpaired) electrons. The lowest BCUT2D eigenvalue weighted by Crippen LogP contribution is -2.01. The maximum atomic E-state index is 5.44. The third-order valence-corrected chi connectivity index (χ3v) is 5.59. The zero-order valence-corrected chi connectivity index (χ0v) is 18.0. The van der Waals surface area contributed by atoms with Gasteiger partial charge >= 0.3 is 0 Å². The number of benzene rings is 2. The second-order valence-corrected chi connectivity index (χ2v) is 7.30. The minimum Gasteiger partial charge on any atom is -0.497 e. The van der Waals surface area contributed by atoms with E-state index in [1.54, 1.807) is 33.1 Å². The molecular weight excluding hydrogens is 386 g/mol. The van der Waals surface area contributed by atoms with Crippen LogP contribution in [-0.2, 0) is 12.3 Å². The van der Waals surface area contributed by atoms with E-state index in [0.29, 0.717) is 6.54 Å². The SMILES string of the molecule is C=CCn1c(SCc2cc(OC)c(OC)cc2C)nnc1-c1ccc(OC)cc1. The first kappa shape index (κ1) is 20.8. The molecule has 0 spiro atoms. The number of aromatic nitrogens is 3. The second kappa shape index (κ2) is 9.52. The van der Waals surface area contributed by atoms with Crippen molar-refractivity contribution in [3.63, 3.8) is 0 Å². The Kier molecular flexibility index (Phi) is 6.82. The van der Waals surface area contributed by atoms with Gasteiger partial charge in [0, 0.05) is 17.9 Å². The summed E-state index contributed by atoms with van der Waals surface area (Å²) in [7, 11) is 4.94. The average molecular weight is 412 g/mol. The second-order valence-electron chi connectivity index (χ2n) is 6.36. The molecule has 6 nitrogen and oxygen atoms in total. The van der Waals surface area contributed by atoms with Crippen LogP contribution >= 0.6 is 11.8 Å². The van der Waals surface area contributed by atoms with Crippen molar-refractivity contribution in [1.82, 2.24) is 14.8 Å². The van der Waals surface area contributed by atoms with Gasteiger partial charge in [0.1, 0.15) is 5.75 Å². The topological polar surface area (TPSA) is 58.4 Å². The Morgan fingerprint density at radius 1 is 1.00 bits per heavy atom. The van der Waals surface area contributed by atoms with Crippen molar-refractivity contribution in [1.29, 1.82) is 0 Å². The summed E-state index contributed by atoms with van der Waals surface area (Å²) in [5, 5.41) is 9.67. The van der Waals surface area contributed by atoms with Gasteiger partial charge in [0.15, 0.2) is 22.5 Å². The predicted molar refractivity (Wildman–Crippen MR) is 116 cm³/mol. The maximum Gasteiger partial charge on any atom is 0.192 e. The summed E-state index contributed by atoms with van der Waals surface area (Å²) >= 11 is 1.63. The fraction of sp³-hybridized carbons (Fsp3) is 0.273. The largest absolute Gasteiger partial charge is 0.497 e. The fourth-order valence-corrected chi connectivity index (χ4v) is 3.97. The van der Waals surface area contributed by atoms with Gasteiger partial charge in [-0.1, -0.05) is 17.8 Å². The molecule has 3 rings (SSSR count). The molecule has 29 heavy (non-hydrogen) atoms. The van der Waals surface area contributed by atoms with Gasteiger partial charge in [0.05, 0.1) is 21.3 Å². The molecule has 2 aromatic carbocycles. The Balaban J connectivity index is 1.86. The quantitative estimate of drug-likeness (QED) is 0.374. The number of allylic oxidation sites excluding steroid dienone is 1. The van der Waals surface area contributed by atoms with Crippen LogP contribution in [0.3, 0.4) is 0 Å². The smallest absolute Gasteiger partial charge is 0.192 e. The summed E-state index contributed by atoms with van der Waals surface area (Å²) in [4.78, 5) is 0. The van der Waals surface area contributed by atoms with Crippen LogP contribution in [-0.4, -0.2) is 36.1 Å². The Labute approximate surface area is 175 Å². The van der Waals surface area contributed by atoms with E-state index in [4.69, 9.17) is 14.2 Å². The van der Waals surface area contributed by atoms with Crippen LogP contribution in [0.15, 0.2) is 54.2 Å². The number of methoxy groups -OCH3 is 3. The summed E-state index contributed by atoms with van der Waals surface area (Å²) in [5.41, 5.74) is 3.28. The van der Waals surface area contributed by atoms with Gasteiger partial charge in [-0.25, -0.2) is 0 Å². The maximum absolute atomic E-state index is 5.44. The molecule has 0 aliphatic heterocycles. The average Bonchev–Trinajstić information content (AvgIpc) is 3.15. The third-order valence-electron chi connectivity index (χ3n) is 4.58. The molecule has 7 heteroatoms. The van der Waals surface area contributed by atoms with Gasteiger partial charge in [-0.2, -0.15) is 0 Å². The summed E-state index contributed by atoms with van der Waals surface area (Å²) < 4.78 is 18.1. The van der Waals surface area contributed by atoms with Crippen molar-refractivity contribution >= 4 is 11.8 Å². The first-order chi connectivity index (χ1) is 14.1. The molecule has 0 unspecified atom stereocenters. The van der Waals surface area contributed by atoms with Gasteiger partial charge < -0.3 is 14.2 Å².